The molecule has 0 spiro atoms. The molecule has 1 aliphatic carbocycles. The number of hydrogen-bond donors (Lipinski definition) is 3. The topological polar surface area (TPSA) is 81.1 Å². The average Bonchev–Trinajstić information content (AvgIpc) is 2.91. The highest BCUT2D eigenvalue weighted by Gasteiger charge is 2.24. The number of carbonyl (C=O) groups excluding carboxylic acids is 1. The van der Waals surface area contributed by atoms with E-state index in [1.165, 1.54) is 25.7 Å². The van der Waals surface area contributed by atoms with Gasteiger partial charge in [0.25, 0.3) is 0 Å². The molecule has 4 nitrogen and oxygen atoms in total. The lowest BCUT2D eigenvalue weighted by atomic mass is 9.98. The van der Waals surface area contributed by atoms with Gasteiger partial charge in [0.2, 0.25) is 5.91 Å². The van der Waals surface area contributed by atoms with Crippen LogP contribution in [0.5, 0.6) is 0 Å². The van der Waals surface area contributed by atoms with Crippen LogP contribution in [0.4, 0.5) is 5.69 Å². The summed E-state index contributed by atoms with van der Waals surface area (Å²) in [6, 6.07) is 5.30. The Hall–Kier alpha value is -1.26. The van der Waals surface area contributed by atoms with E-state index < -0.39 is 5.91 Å². The number of halogens is 1. The summed E-state index contributed by atoms with van der Waals surface area (Å²) in [5.74, 6) is 0.136. The van der Waals surface area contributed by atoms with Crippen molar-refractivity contribution < 1.29 is 4.79 Å². The van der Waals surface area contributed by atoms with Crippen molar-refractivity contribution in [3.05, 3.63) is 28.8 Å². The molecule has 1 atom stereocenters. The fourth-order valence-corrected chi connectivity index (χ4v) is 2.95. The highest BCUT2D eigenvalue weighted by Crippen LogP contribution is 2.31. The van der Waals surface area contributed by atoms with E-state index in [2.05, 4.69) is 5.32 Å². The molecule has 19 heavy (non-hydrogen) atoms. The van der Waals surface area contributed by atoms with E-state index in [4.69, 9.17) is 23.1 Å². The predicted molar refractivity (Wildman–Crippen MR) is 78.4 cm³/mol. The van der Waals surface area contributed by atoms with Crippen LogP contribution < -0.4 is 16.8 Å². The van der Waals surface area contributed by atoms with Gasteiger partial charge in [0.1, 0.15) is 0 Å². The number of nitrogens with two attached hydrogens (primary N) is 2. The molecule has 2 rings (SSSR count). The summed E-state index contributed by atoms with van der Waals surface area (Å²) in [6.07, 6.45) is 4.98. The first-order valence-corrected chi connectivity index (χ1v) is 7.05. The van der Waals surface area contributed by atoms with E-state index in [1.54, 1.807) is 18.2 Å². The van der Waals surface area contributed by atoms with Crippen LogP contribution in [0.25, 0.3) is 0 Å². The van der Waals surface area contributed by atoms with Crippen molar-refractivity contribution in [1.82, 2.24) is 0 Å². The zero-order valence-corrected chi connectivity index (χ0v) is 11.6. The van der Waals surface area contributed by atoms with Gasteiger partial charge in [-0.3, -0.25) is 4.79 Å². The third kappa shape index (κ3) is 3.39. The number of carbonyl (C=O) groups is 1. The molecule has 5 N–H and O–H groups in total. The van der Waals surface area contributed by atoms with Crippen LogP contribution in [0.1, 0.15) is 36.0 Å². The molecule has 1 aromatic carbocycles. The van der Waals surface area contributed by atoms with Crippen molar-refractivity contribution in [2.24, 2.45) is 17.4 Å². The number of hydrogen-bond acceptors (Lipinski definition) is 3. The summed E-state index contributed by atoms with van der Waals surface area (Å²) in [7, 11) is 0. The first kappa shape index (κ1) is 14.2. The first-order chi connectivity index (χ1) is 9.11. The summed E-state index contributed by atoms with van der Waals surface area (Å²) in [6.45, 7) is 0.582. The molecule has 104 valence electrons. The molecule has 0 saturated heterocycles. The van der Waals surface area contributed by atoms with Gasteiger partial charge in [-0.15, -0.1) is 0 Å². The maximum absolute atomic E-state index is 11.1. The molecule has 0 radical (unpaired) electrons. The van der Waals surface area contributed by atoms with Crippen LogP contribution in [-0.2, 0) is 0 Å². The van der Waals surface area contributed by atoms with Crippen molar-refractivity contribution in [3.63, 3.8) is 0 Å². The normalized spacial score (nSPS) is 17.4. The third-order valence-electron chi connectivity index (χ3n) is 3.82. The van der Waals surface area contributed by atoms with Crippen molar-refractivity contribution >= 4 is 23.2 Å². The van der Waals surface area contributed by atoms with Crippen molar-refractivity contribution in [2.75, 3.05) is 11.9 Å². The van der Waals surface area contributed by atoms with Crippen molar-refractivity contribution in [2.45, 2.75) is 31.7 Å². The van der Waals surface area contributed by atoms with Crippen LogP contribution in [0, 0.1) is 5.92 Å². The minimum atomic E-state index is -0.473. The molecule has 0 heterocycles. The van der Waals surface area contributed by atoms with Crippen LogP contribution in [0.3, 0.4) is 0 Å². The predicted octanol–water partition coefficient (Wildman–Crippen LogP) is 2.37. The SMILES string of the molecule is NCC(Nc1ccc(C(N)=O)cc1Cl)C1CCCC1. The fraction of sp³-hybridized carbons (Fsp3) is 0.500. The molecule has 1 aliphatic rings. The summed E-state index contributed by atoms with van der Waals surface area (Å²) in [5, 5.41) is 3.90. The zero-order chi connectivity index (χ0) is 13.8. The second-order valence-electron chi connectivity index (χ2n) is 5.09. The molecule has 1 amide bonds. The molecule has 0 aromatic heterocycles. The quantitative estimate of drug-likeness (QED) is 0.775. The number of amides is 1. The lowest BCUT2D eigenvalue weighted by Gasteiger charge is -2.25. The van der Waals surface area contributed by atoms with Crippen LogP contribution >= 0.6 is 11.6 Å². The minimum absolute atomic E-state index is 0.236. The number of anilines is 1. The summed E-state index contributed by atoms with van der Waals surface area (Å²) in [4.78, 5) is 11.1. The standard InChI is InChI=1S/C14H20ClN3O/c15-11-7-10(14(17)19)5-6-12(11)18-13(8-16)9-3-1-2-4-9/h5-7,9,13,18H,1-4,8,16H2,(H2,17,19). The lowest BCUT2D eigenvalue weighted by Crippen LogP contribution is -2.35. The Labute approximate surface area is 118 Å². The molecule has 1 fully saturated rings. The molecule has 1 unspecified atom stereocenters. The van der Waals surface area contributed by atoms with E-state index in [-0.39, 0.29) is 6.04 Å². The van der Waals surface area contributed by atoms with Crippen molar-refractivity contribution in [3.8, 4) is 0 Å². The maximum atomic E-state index is 11.1. The third-order valence-corrected chi connectivity index (χ3v) is 4.13. The van der Waals surface area contributed by atoms with E-state index in [0.29, 0.717) is 23.0 Å². The van der Waals surface area contributed by atoms with Gasteiger partial charge in [-0.05, 0) is 37.0 Å². The Morgan fingerprint density at radius 1 is 1.42 bits per heavy atom. The zero-order valence-electron chi connectivity index (χ0n) is 10.9. The van der Waals surface area contributed by atoms with Gasteiger partial charge in [0.15, 0.2) is 0 Å². The number of primary amides is 1. The summed E-state index contributed by atoms with van der Waals surface area (Å²) < 4.78 is 0. The Balaban J connectivity index is 2.10. The molecule has 1 saturated carbocycles. The van der Waals surface area contributed by atoms with E-state index in [1.807, 2.05) is 0 Å². The van der Waals surface area contributed by atoms with Gasteiger partial charge in [-0.1, -0.05) is 24.4 Å². The smallest absolute Gasteiger partial charge is 0.248 e. The maximum Gasteiger partial charge on any atom is 0.248 e. The van der Waals surface area contributed by atoms with Gasteiger partial charge in [-0.2, -0.15) is 0 Å². The van der Waals surface area contributed by atoms with Gasteiger partial charge in [0.05, 0.1) is 10.7 Å². The van der Waals surface area contributed by atoms with E-state index in [0.717, 1.165) is 5.69 Å². The van der Waals surface area contributed by atoms with Gasteiger partial charge >= 0.3 is 0 Å². The second kappa shape index (κ2) is 6.26. The van der Waals surface area contributed by atoms with Crippen LogP contribution in [-0.4, -0.2) is 18.5 Å². The Morgan fingerprint density at radius 3 is 2.63 bits per heavy atom. The Morgan fingerprint density at radius 2 is 2.11 bits per heavy atom. The first-order valence-electron chi connectivity index (χ1n) is 6.67. The number of nitrogens with one attached hydrogen (secondary N) is 1. The summed E-state index contributed by atoms with van der Waals surface area (Å²) in [5.41, 5.74) is 12.3. The highest BCUT2D eigenvalue weighted by atomic mass is 35.5. The van der Waals surface area contributed by atoms with Gasteiger partial charge in [-0.25, -0.2) is 0 Å². The lowest BCUT2D eigenvalue weighted by molar-refractivity contribution is 0.100. The second-order valence-corrected chi connectivity index (χ2v) is 5.50. The molecular weight excluding hydrogens is 262 g/mol. The van der Waals surface area contributed by atoms with Gasteiger partial charge in [0, 0.05) is 18.2 Å². The molecular formula is C14H20ClN3O. The number of rotatable bonds is 5. The molecule has 0 bridgehead atoms. The monoisotopic (exact) mass is 281 g/mol. The van der Waals surface area contributed by atoms with E-state index in [9.17, 15) is 4.79 Å². The summed E-state index contributed by atoms with van der Waals surface area (Å²) >= 11 is 6.17. The molecule has 0 aliphatic heterocycles. The molecule has 1 aromatic rings. The number of benzene rings is 1. The van der Waals surface area contributed by atoms with Crippen LogP contribution in [0.2, 0.25) is 5.02 Å². The Kier molecular flexibility index (Phi) is 4.66. The average molecular weight is 282 g/mol. The molecule has 5 heteroatoms. The van der Waals surface area contributed by atoms with Crippen LogP contribution in [0.15, 0.2) is 18.2 Å². The van der Waals surface area contributed by atoms with E-state index >= 15 is 0 Å². The van der Waals surface area contributed by atoms with Gasteiger partial charge < -0.3 is 16.8 Å². The Bertz CT molecular complexity index is 458. The van der Waals surface area contributed by atoms with Crippen molar-refractivity contribution in [1.29, 1.82) is 0 Å². The fourth-order valence-electron chi connectivity index (χ4n) is 2.71. The highest BCUT2D eigenvalue weighted by molar-refractivity contribution is 6.33. The largest absolute Gasteiger partial charge is 0.380 e. The minimum Gasteiger partial charge on any atom is -0.380 e.